The molecular formula is C17H29NO. The lowest BCUT2D eigenvalue weighted by Crippen LogP contribution is -2.39. The van der Waals surface area contributed by atoms with Crippen LogP contribution in [0.5, 0.6) is 0 Å². The SMILES string of the molecule is CCOC(C)(C)CNC(CC(C)C)c1ccccc1. The van der Waals surface area contributed by atoms with Crippen LogP contribution in [-0.2, 0) is 4.74 Å². The normalized spacial score (nSPS) is 13.8. The van der Waals surface area contributed by atoms with E-state index >= 15 is 0 Å². The number of nitrogens with one attached hydrogen (secondary N) is 1. The smallest absolute Gasteiger partial charge is 0.0750 e. The van der Waals surface area contributed by atoms with Crippen LogP contribution < -0.4 is 5.32 Å². The summed E-state index contributed by atoms with van der Waals surface area (Å²) in [5, 5.41) is 3.67. The van der Waals surface area contributed by atoms with Gasteiger partial charge >= 0.3 is 0 Å². The summed E-state index contributed by atoms with van der Waals surface area (Å²) < 4.78 is 5.76. The molecule has 0 radical (unpaired) electrons. The third-order valence-corrected chi connectivity index (χ3v) is 3.22. The monoisotopic (exact) mass is 263 g/mol. The second-order valence-corrected chi connectivity index (χ2v) is 6.17. The van der Waals surface area contributed by atoms with Gasteiger partial charge in [0.1, 0.15) is 0 Å². The van der Waals surface area contributed by atoms with Crippen molar-refractivity contribution in [2.24, 2.45) is 5.92 Å². The van der Waals surface area contributed by atoms with E-state index in [0.29, 0.717) is 12.0 Å². The Morgan fingerprint density at radius 2 is 1.79 bits per heavy atom. The molecule has 2 nitrogen and oxygen atoms in total. The summed E-state index contributed by atoms with van der Waals surface area (Å²) in [6.45, 7) is 12.5. The predicted octanol–water partition coefficient (Wildman–Crippen LogP) is 4.18. The van der Waals surface area contributed by atoms with Crippen LogP contribution in [0, 0.1) is 5.92 Å². The van der Waals surface area contributed by atoms with E-state index in [-0.39, 0.29) is 5.60 Å². The van der Waals surface area contributed by atoms with Gasteiger partial charge in [-0.1, -0.05) is 44.2 Å². The van der Waals surface area contributed by atoms with E-state index in [1.807, 2.05) is 6.92 Å². The highest BCUT2D eigenvalue weighted by molar-refractivity contribution is 5.19. The molecule has 1 atom stereocenters. The number of benzene rings is 1. The maximum absolute atomic E-state index is 5.76. The summed E-state index contributed by atoms with van der Waals surface area (Å²) in [6.07, 6.45) is 1.15. The summed E-state index contributed by atoms with van der Waals surface area (Å²) >= 11 is 0. The van der Waals surface area contributed by atoms with Crippen molar-refractivity contribution in [3.05, 3.63) is 35.9 Å². The van der Waals surface area contributed by atoms with Crippen molar-refractivity contribution in [2.45, 2.75) is 52.7 Å². The lowest BCUT2D eigenvalue weighted by molar-refractivity contribution is -0.0110. The van der Waals surface area contributed by atoms with Crippen LogP contribution >= 0.6 is 0 Å². The average molecular weight is 263 g/mol. The van der Waals surface area contributed by atoms with Gasteiger partial charge in [0.15, 0.2) is 0 Å². The highest BCUT2D eigenvalue weighted by Crippen LogP contribution is 2.22. The zero-order valence-electron chi connectivity index (χ0n) is 13.1. The van der Waals surface area contributed by atoms with Crippen LogP contribution in [-0.4, -0.2) is 18.8 Å². The summed E-state index contributed by atoms with van der Waals surface area (Å²) in [4.78, 5) is 0. The summed E-state index contributed by atoms with van der Waals surface area (Å²) in [5.74, 6) is 0.674. The third kappa shape index (κ3) is 6.22. The molecule has 2 heteroatoms. The van der Waals surface area contributed by atoms with Gasteiger partial charge < -0.3 is 10.1 Å². The first kappa shape index (κ1) is 16.2. The van der Waals surface area contributed by atoms with Crippen molar-refractivity contribution in [3.63, 3.8) is 0 Å². The highest BCUT2D eigenvalue weighted by Gasteiger charge is 2.20. The Morgan fingerprint density at radius 3 is 2.32 bits per heavy atom. The van der Waals surface area contributed by atoms with Crippen LogP contribution in [0.25, 0.3) is 0 Å². The van der Waals surface area contributed by atoms with Crippen LogP contribution in [0.2, 0.25) is 0 Å². The minimum absolute atomic E-state index is 0.112. The van der Waals surface area contributed by atoms with Crippen molar-refractivity contribution >= 4 is 0 Å². The van der Waals surface area contributed by atoms with E-state index in [1.54, 1.807) is 0 Å². The maximum atomic E-state index is 5.76. The number of hydrogen-bond acceptors (Lipinski definition) is 2. The molecule has 1 rings (SSSR count). The molecule has 0 saturated heterocycles. The molecule has 0 aromatic heterocycles. The van der Waals surface area contributed by atoms with E-state index in [2.05, 4.69) is 63.3 Å². The first-order valence-corrected chi connectivity index (χ1v) is 7.37. The van der Waals surface area contributed by atoms with Crippen molar-refractivity contribution in [1.82, 2.24) is 5.32 Å². The van der Waals surface area contributed by atoms with Gasteiger partial charge in [-0.15, -0.1) is 0 Å². The molecule has 0 amide bonds. The molecule has 0 aliphatic carbocycles. The van der Waals surface area contributed by atoms with Gasteiger partial charge in [-0.05, 0) is 38.7 Å². The molecule has 19 heavy (non-hydrogen) atoms. The number of rotatable bonds is 8. The molecule has 0 spiro atoms. The van der Waals surface area contributed by atoms with Gasteiger partial charge in [0, 0.05) is 19.2 Å². The molecule has 0 heterocycles. The van der Waals surface area contributed by atoms with E-state index < -0.39 is 0 Å². The topological polar surface area (TPSA) is 21.3 Å². The van der Waals surface area contributed by atoms with E-state index in [4.69, 9.17) is 4.74 Å². The van der Waals surface area contributed by atoms with Gasteiger partial charge in [-0.25, -0.2) is 0 Å². The molecule has 1 N–H and O–H groups in total. The van der Waals surface area contributed by atoms with Crippen LogP contribution in [0.4, 0.5) is 0 Å². The minimum atomic E-state index is -0.112. The van der Waals surface area contributed by atoms with Gasteiger partial charge in [-0.3, -0.25) is 0 Å². The van der Waals surface area contributed by atoms with Crippen LogP contribution in [0.15, 0.2) is 30.3 Å². The lowest BCUT2D eigenvalue weighted by Gasteiger charge is -2.29. The summed E-state index contributed by atoms with van der Waals surface area (Å²) in [7, 11) is 0. The van der Waals surface area contributed by atoms with Crippen molar-refractivity contribution < 1.29 is 4.74 Å². The number of ether oxygens (including phenoxy) is 1. The Hall–Kier alpha value is -0.860. The molecule has 108 valence electrons. The number of hydrogen-bond donors (Lipinski definition) is 1. The highest BCUT2D eigenvalue weighted by atomic mass is 16.5. The summed E-state index contributed by atoms with van der Waals surface area (Å²) in [6, 6.07) is 11.1. The third-order valence-electron chi connectivity index (χ3n) is 3.22. The minimum Gasteiger partial charge on any atom is -0.375 e. The predicted molar refractivity (Wildman–Crippen MR) is 82.3 cm³/mol. The molecule has 0 aliphatic rings. The fourth-order valence-corrected chi connectivity index (χ4v) is 2.30. The van der Waals surface area contributed by atoms with Gasteiger partial charge in [-0.2, -0.15) is 0 Å². The Morgan fingerprint density at radius 1 is 1.16 bits per heavy atom. The molecule has 1 aromatic rings. The summed E-state index contributed by atoms with van der Waals surface area (Å²) in [5.41, 5.74) is 1.25. The fourth-order valence-electron chi connectivity index (χ4n) is 2.30. The Labute approximate surface area is 118 Å². The van der Waals surface area contributed by atoms with Crippen molar-refractivity contribution in [1.29, 1.82) is 0 Å². The molecule has 0 bridgehead atoms. The average Bonchev–Trinajstić information content (AvgIpc) is 2.35. The van der Waals surface area contributed by atoms with Gasteiger partial charge in [0.05, 0.1) is 5.60 Å². The fraction of sp³-hybridized carbons (Fsp3) is 0.647. The molecule has 0 fully saturated rings. The standard InChI is InChI=1S/C17H29NO/c1-6-19-17(4,5)13-18-16(12-14(2)3)15-10-8-7-9-11-15/h7-11,14,16,18H,6,12-13H2,1-5H3. The molecule has 0 saturated carbocycles. The quantitative estimate of drug-likeness (QED) is 0.759. The molecule has 1 unspecified atom stereocenters. The van der Waals surface area contributed by atoms with Crippen molar-refractivity contribution in [2.75, 3.05) is 13.2 Å². The second kappa shape index (κ2) is 7.66. The Bertz CT molecular complexity index is 346. The largest absolute Gasteiger partial charge is 0.375 e. The Balaban J connectivity index is 2.66. The van der Waals surface area contributed by atoms with Crippen LogP contribution in [0.1, 0.15) is 52.6 Å². The van der Waals surface area contributed by atoms with E-state index in [1.165, 1.54) is 5.56 Å². The zero-order chi connectivity index (χ0) is 14.3. The van der Waals surface area contributed by atoms with Gasteiger partial charge in [0.25, 0.3) is 0 Å². The van der Waals surface area contributed by atoms with E-state index in [0.717, 1.165) is 19.6 Å². The van der Waals surface area contributed by atoms with Crippen molar-refractivity contribution in [3.8, 4) is 0 Å². The Kier molecular flexibility index (Phi) is 6.53. The van der Waals surface area contributed by atoms with Crippen LogP contribution in [0.3, 0.4) is 0 Å². The first-order valence-electron chi connectivity index (χ1n) is 7.37. The molecule has 0 aliphatic heterocycles. The molecular weight excluding hydrogens is 234 g/mol. The van der Waals surface area contributed by atoms with E-state index in [9.17, 15) is 0 Å². The van der Waals surface area contributed by atoms with Gasteiger partial charge in [0.2, 0.25) is 0 Å². The lowest BCUT2D eigenvalue weighted by atomic mass is 9.96. The maximum Gasteiger partial charge on any atom is 0.0750 e. The zero-order valence-corrected chi connectivity index (χ0v) is 13.1. The first-order chi connectivity index (χ1) is 8.94. The molecule has 1 aromatic carbocycles. The second-order valence-electron chi connectivity index (χ2n) is 6.17.